The van der Waals surface area contributed by atoms with Crippen LogP contribution in [-0.2, 0) is 16.1 Å². The lowest BCUT2D eigenvalue weighted by molar-refractivity contribution is -0.137. The van der Waals surface area contributed by atoms with E-state index in [-0.39, 0.29) is 18.6 Å². The van der Waals surface area contributed by atoms with Crippen LogP contribution in [0.15, 0.2) is 30.3 Å². The van der Waals surface area contributed by atoms with Crippen LogP contribution in [0.5, 0.6) is 0 Å². The van der Waals surface area contributed by atoms with Gasteiger partial charge >= 0.3 is 12.1 Å². The number of carbonyl (C=O) groups excluding carboxylic acids is 1. The van der Waals surface area contributed by atoms with Crippen LogP contribution in [0.2, 0.25) is 0 Å². The number of ether oxygens (including phenoxy) is 1. The summed E-state index contributed by atoms with van der Waals surface area (Å²) in [4.78, 5) is 28.3. The van der Waals surface area contributed by atoms with Crippen LogP contribution in [0.4, 0.5) is 4.79 Å². The molecule has 2 aliphatic rings. The Morgan fingerprint density at radius 1 is 1.14 bits per heavy atom. The third kappa shape index (κ3) is 6.20. The second-order valence-electron chi connectivity index (χ2n) is 9.53. The first-order valence-electron chi connectivity index (χ1n) is 10.7. The van der Waals surface area contributed by atoms with E-state index in [0.29, 0.717) is 31.2 Å². The highest BCUT2D eigenvalue weighted by Gasteiger charge is 2.43. The van der Waals surface area contributed by atoms with E-state index >= 15 is 0 Å². The zero-order valence-corrected chi connectivity index (χ0v) is 17.8. The van der Waals surface area contributed by atoms with Crippen molar-refractivity contribution in [3.63, 3.8) is 0 Å². The molecular formula is C23H34N2O4. The van der Waals surface area contributed by atoms with Gasteiger partial charge in [0.15, 0.2) is 0 Å². The molecule has 1 aromatic carbocycles. The summed E-state index contributed by atoms with van der Waals surface area (Å²) in [6, 6.07) is 10.5. The van der Waals surface area contributed by atoms with Crippen molar-refractivity contribution < 1.29 is 19.4 Å². The number of benzene rings is 1. The minimum Gasteiger partial charge on any atom is -0.481 e. The van der Waals surface area contributed by atoms with Crippen LogP contribution in [0, 0.1) is 11.8 Å². The van der Waals surface area contributed by atoms with E-state index in [9.17, 15) is 9.59 Å². The minimum atomic E-state index is -0.781. The van der Waals surface area contributed by atoms with Crippen molar-refractivity contribution >= 4 is 12.1 Å². The predicted octanol–water partition coefficient (Wildman–Crippen LogP) is 4.00. The average molecular weight is 403 g/mol. The lowest BCUT2D eigenvalue weighted by atomic mass is 9.77. The van der Waals surface area contributed by atoms with E-state index in [0.717, 1.165) is 26.1 Å². The fourth-order valence-corrected chi connectivity index (χ4v) is 4.78. The van der Waals surface area contributed by atoms with Crippen LogP contribution in [0.1, 0.15) is 52.0 Å². The molecule has 2 heterocycles. The van der Waals surface area contributed by atoms with Gasteiger partial charge in [-0.25, -0.2) is 4.79 Å². The maximum absolute atomic E-state index is 12.9. The van der Waals surface area contributed by atoms with Crippen LogP contribution in [0.25, 0.3) is 0 Å². The molecule has 0 spiro atoms. The highest BCUT2D eigenvalue weighted by molar-refractivity contribution is 5.69. The van der Waals surface area contributed by atoms with E-state index in [4.69, 9.17) is 9.84 Å². The molecule has 6 heteroatoms. The van der Waals surface area contributed by atoms with Gasteiger partial charge in [0.2, 0.25) is 0 Å². The highest BCUT2D eigenvalue weighted by atomic mass is 16.6. The Morgan fingerprint density at radius 3 is 2.52 bits per heavy atom. The number of rotatable bonds is 6. The van der Waals surface area contributed by atoms with E-state index in [2.05, 4.69) is 29.2 Å². The Labute approximate surface area is 173 Å². The first-order valence-corrected chi connectivity index (χ1v) is 10.7. The molecule has 2 aliphatic heterocycles. The molecule has 160 valence electrons. The van der Waals surface area contributed by atoms with Gasteiger partial charge in [0.25, 0.3) is 0 Å². The molecule has 3 rings (SSSR count). The molecule has 6 nitrogen and oxygen atoms in total. The Bertz CT molecular complexity index is 701. The van der Waals surface area contributed by atoms with Gasteiger partial charge in [-0.2, -0.15) is 0 Å². The zero-order chi connectivity index (χ0) is 21.0. The van der Waals surface area contributed by atoms with Crippen LogP contribution in [0.3, 0.4) is 0 Å². The quantitative estimate of drug-likeness (QED) is 0.779. The number of fused-ring (bicyclic) bond motifs is 2. The molecule has 2 saturated heterocycles. The number of hydrogen-bond donors (Lipinski definition) is 1. The van der Waals surface area contributed by atoms with Crippen molar-refractivity contribution in [3.05, 3.63) is 35.9 Å². The number of piperidine rings is 2. The summed E-state index contributed by atoms with van der Waals surface area (Å²) < 4.78 is 5.68. The number of carbonyl (C=O) groups is 2. The summed E-state index contributed by atoms with van der Waals surface area (Å²) in [5.41, 5.74) is 0.771. The van der Waals surface area contributed by atoms with Crippen molar-refractivity contribution in [1.82, 2.24) is 9.80 Å². The molecule has 2 fully saturated rings. The average Bonchev–Trinajstić information content (AvgIpc) is 2.62. The lowest BCUT2D eigenvalue weighted by Crippen LogP contribution is -2.59. The maximum atomic E-state index is 12.9. The number of carboxylic acids is 1. The van der Waals surface area contributed by atoms with E-state index < -0.39 is 11.6 Å². The number of nitrogens with zero attached hydrogens (tertiary/aromatic N) is 2. The van der Waals surface area contributed by atoms with Gasteiger partial charge in [0.05, 0.1) is 0 Å². The van der Waals surface area contributed by atoms with Gasteiger partial charge in [-0.15, -0.1) is 0 Å². The Hall–Kier alpha value is -2.08. The van der Waals surface area contributed by atoms with E-state index in [1.54, 1.807) is 0 Å². The van der Waals surface area contributed by atoms with Crippen molar-refractivity contribution in [2.45, 2.75) is 64.6 Å². The molecule has 29 heavy (non-hydrogen) atoms. The standard InChI is InChI=1S/C23H34N2O4/c1-23(2,3)29-22(28)25-15-18-12-19(20(25)10-7-11-21(26)27)16-24(14-18)13-17-8-5-4-6-9-17/h4-6,8-9,18-20H,7,10-16H2,1-3H3,(H,26,27)/t18-,19+,20+/m1/s1. The molecule has 0 unspecified atom stereocenters. The molecular weight excluding hydrogens is 368 g/mol. The normalized spacial score (nSPS) is 24.9. The third-order valence-electron chi connectivity index (χ3n) is 5.81. The van der Waals surface area contributed by atoms with Crippen LogP contribution in [-0.4, -0.2) is 58.2 Å². The second-order valence-corrected chi connectivity index (χ2v) is 9.53. The number of likely N-dealkylation sites (tertiary alicyclic amines) is 2. The molecule has 0 radical (unpaired) electrons. The van der Waals surface area contributed by atoms with Crippen molar-refractivity contribution in [1.29, 1.82) is 0 Å². The molecule has 1 N–H and O–H groups in total. The van der Waals surface area contributed by atoms with Gasteiger partial charge < -0.3 is 14.7 Å². The van der Waals surface area contributed by atoms with Gasteiger partial charge in [-0.05, 0) is 57.4 Å². The lowest BCUT2D eigenvalue weighted by Gasteiger charge is -2.50. The van der Waals surface area contributed by atoms with E-state index in [1.807, 2.05) is 31.7 Å². The predicted molar refractivity (Wildman–Crippen MR) is 112 cm³/mol. The van der Waals surface area contributed by atoms with Crippen molar-refractivity contribution in [2.24, 2.45) is 11.8 Å². The molecule has 3 atom stereocenters. The Balaban J connectivity index is 1.71. The number of aliphatic carboxylic acids is 1. The Kier molecular flexibility index (Phi) is 6.83. The largest absolute Gasteiger partial charge is 0.481 e. The van der Waals surface area contributed by atoms with Gasteiger partial charge in [-0.1, -0.05) is 30.3 Å². The first-order chi connectivity index (χ1) is 13.7. The van der Waals surface area contributed by atoms with Crippen LogP contribution >= 0.6 is 0 Å². The molecule has 1 aromatic rings. The number of hydrogen-bond acceptors (Lipinski definition) is 4. The monoisotopic (exact) mass is 402 g/mol. The van der Waals surface area contributed by atoms with Crippen LogP contribution < -0.4 is 0 Å². The molecule has 0 aromatic heterocycles. The summed E-state index contributed by atoms with van der Waals surface area (Å²) in [6.45, 7) is 9.18. The fraction of sp³-hybridized carbons (Fsp3) is 0.652. The summed E-state index contributed by atoms with van der Waals surface area (Å²) >= 11 is 0. The van der Waals surface area contributed by atoms with E-state index in [1.165, 1.54) is 5.56 Å². The third-order valence-corrected chi connectivity index (χ3v) is 5.81. The minimum absolute atomic E-state index is 0.0408. The second kappa shape index (κ2) is 9.16. The van der Waals surface area contributed by atoms with Gasteiger partial charge in [0, 0.05) is 38.6 Å². The smallest absolute Gasteiger partial charge is 0.410 e. The highest BCUT2D eigenvalue weighted by Crippen LogP contribution is 2.36. The fourth-order valence-electron chi connectivity index (χ4n) is 4.78. The molecule has 1 amide bonds. The zero-order valence-electron chi connectivity index (χ0n) is 17.8. The first kappa shape index (κ1) is 21.6. The summed E-state index contributed by atoms with van der Waals surface area (Å²) in [5, 5.41) is 9.04. The topological polar surface area (TPSA) is 70.1 Å². The number of amides is 1. The summed E-state index contributed by atoms with van der Waals surface area (Å²) in [6.07, 6.45) is 2.27. The van der Waals surface area contributed by atoms with Gasteiger partial charge in [-0.3, -0.25) is 9.69 Å². The van der Waals surface area contributed by atoms with Gasteiger partial charge in [0.1, 0.15) is 5.60 Å². The molecule has 0 saturated carbocycles. The van der Waals surface area contributed by atoms with Crippen molar-refractivity contribution in [2.75, 3.05) is 19.6 Å². The molecule has 0 aliphatic carbocycles. The SMILES string of the molecule is CC(C)(C)OC(=O)N1C[C@@H]2C[C@@H](CN(Cc3ccccc3)C2)[C@@H]1CCCC(=O)O. The Morgan fingerprint density at radius 2 is 1.86 bits per heavy atom. The van der Waals surface area contributed by atoms with Crippen molar-refractivity contribution in [3.8, 4) is 0 Å². The maximum Gasteiger partial charge on any atom is 0.410 e. The molecule has 2 bridgehead atoms. The number of carboxylic acid groups (broad SMARTS) is 1. The summed E-state index contributed by atoms with van der Waals surface area (Å²) in [7, 11) is 0. The summed E-state index contributed by atoms with van der Waals surface area (Å²) in [5.74, 6) is 0.00471.